The maximum Gasteiger partial charge on any atom is 0.337 e. The number of hydrogen-bond donors (Lipinski definition) is 2. The zero-order valence-electron chi connectivity index (χ0n) is 22.3. The van der Waals surface area contributed by atoms with E-state index in [1.807, 2.05) is 65.6 Å². The number of amides is 1. The minimum Gasteiger partial charge on any atom is -0.465 e. The zero-order valence-corrected chi connectivity index (χ0v) is 23.1. The fourth-order valence-electron chi connectivity index (χ4n) is 4.92. The monoisotopic (exact) mass is 554 g/mol. The van der Waals surface area contributed by atoms with Crippen LogP contribution in [0.1, 0.15) is 52.8 Å². The number of anilines is 1. The highest BCUT2D eigenvalue weighted by atomic mass is 32.1. The number of ether oxygens (including phenoxy) is 1. The molecule has 0 radical (unpaired) electrons. The second kappa shape index (κ2) is 12.1. The molecule has 40 heavy (non-hydrogen) atoms. The van der Waals surface area contributed by atoms with E-state index in [4.69, 9.17) is 21.4 Å². The summed E-state index contributed by atoms with van der Waals surface area (Å²) in [6, 6.07) is 23.8. The standard InChI is InChI=1S/C31H30N4O4S/c1-3-20-9-4-5-12-23(20)33-27(36)16-18-35-29(28(34-31(35)40)24-13-6-7-17-32-24)26-15-14-25(39-26)21-10-8-11-22(19-21)30(37)38-2/h4-15,17,19,28-29H,3,16,18H2,1-2H3,(H,33,36)(H,34,40)/t28-,29+/m0/s1. The predicted octanol–water partition coefficient (Wildman–Crippen LogP) is 5.69. The molecule has 2 aromatic heterocycles. The summed E-state index contributed by atoms with van der Waals surface area (Å²) in [5.74, 6) is 0.758. The Labute approximate surface area is 238 Å². The SMILES string of the molecule is CCc1ccccc1NC(=O)CCN1C(=S)N[C@@H](c2ccccn2)[C@H]1c1ccc(-c2cccc(C(=O)OC)c2)o1. The number of carbonyl (C=O) groups excluding carboxylic acids is 2. The average molecular weight is 555 g/mol. The molecule has 0 saturated carbocycles. The maximum absolute atomic E-state index is 13.0. The smallest absolute Gasteiger partial charge is 0.337 e. The lowest BCUT2D eigenvalue weighted by atomic mass is 10.0. The molecule has 8 nitrogen and oxygen atoms in total. The van der Waals surface area contributed by atoms with Crippen molar-refractivity contribution in [3.05, 3.63) is 108 Å². The van der Waals surface area contributed by atoms with Gasteiger partial charge in [-0.05, 0) is 66.7 Å². The van der Waals surface area contributed by atoms with E-state index in [-0.39, 0.29) is 24.4 Å². The number of nitrogens with one attached hydrogen (secondary N) is 2. The number of carbonyl (C=O) groups is 2. The van der Waals surface area contributed by atoms with Gasteiger partial charge in [-0.15, -0.1) is 0 Å². The van der Waals surface area contributed by atoms with Gasteiger partial charge in [-0.1, -0.05) is 43.3 Å². The summed E-state index contributed by atoms with van der Waals surface area (Å²) in [5, 5.41) is 6.94. The Kier molecular flexibility index (Phi) is 8.21. The van der Waals surface area contributed by atoms with Crippen LogP contribution >= 0.6 is 12.2 Å². The van der Waals surface area contributed by atoms with Crippen molar-refractivity contribution >= 4 is 34.9 Å². The van der Waals surface area contributed by atoms with E-state index in [0.717, 1.165) is 28.9 Å². The van der Waals surface area contributed by atoms with Crippen molar-refractivity contribution in [2.45, 2.75) is 31.8 Å². The Morgan fingerprint density at radius 2 is 1.90 bits per heavy atom. The molecule has 1 aliphatic heterocycles. The summed E-state index contributed by atoms with van der Waals surface area (Å²) < 4.78 is 11.2. The molecule has 0 bridgehead atoms. The average Bonchev–Trinajstić information content (AvgIpc) is 3.61. The third kappa shape index (κ3) is 5.74. The van der Waals surface area contributed by atoms with Crippen LogP contribution in [0.3, 0.4) is 0 Å². The number of rotatable bonds is 9. The van der Waals surface area contributed by atoms with E-state index >= 15 is 0 Å². The summed E-state index contributed by atoms with van der Waals surface area (Å²) in [6.45, 7) is 2.44. The molecule has 204 valence electrons. The predicted molar refractivity (Wildman–Crippen MR) is 157 cm³/mol. The Hall–Kier alpha value is -4.50. The minimum absolute atomic E-state index is 0.0940. The van der Waals surface area contributed by atoms with Crippen molar-refractivity contribution in [1.29, 1.82) is 0 Å². The highest BCUT2D eigenvalue weighted by Gasteiger charge is 2.41. The molecule has 0 unspecified atom stereocenters. The van der Waals surface area contributed by atoms with Crippen molar-refractivity contribution in [2.75, 3.05) is 19.0 Å². The number of benzene rings is 2. The van der Waals surface area contributed by atoms with Gasteiger partial charge in [0.15, 0.2) is 5.11 Å². The lowest BCUT2D eigenvalue weighted by molar-refractivity contribution is -0.116. The van der Waals surface area contributed by atoms with E-state index in [2.05, 4.69) is 22.5 Å². The van der Waals surface area contributed by atoms with Gasteiger partial charge < -0.3 is 24.7 Å². The fourth-order valence-corrected chi connectivity index (χ4v) is 5.26. The van der Waals surface area contributed by atoms with Gasteiger partial charge in [-0.25, -0.2) is 4.79 Å². The molecular weight excluding hydrogens is 524 g/mol. The molecule has 3 heterocycles. The van der Waals surface area contributed by atoms with Gasteiger partial charge in [-0.2, -0.15) is 0 Å². The second-order valence-electron chi connectivity index (χ2n) is 9.40. The second-order valence-corrected chi connectivity index (χ2v) is 9.79. The van der Waals surface area contributed by atoms with Crippen molar-refractivity contribution < 1.29 is 18.7 Å². The third-order valence-electron chi connectivity index (χ3n) is 6.94. The van der Waals surface area contributed by atoms with Gasteiger partial charge >= 0.3 is 5.97 Å². The van der Waals surface area contributed by atoms with Gasteiger partial charge in [-0.3, -0.25) is 9.78 Å². The number of para-hydroxylation sites is 1. The lowest BCUT2D eigenvalue weighted by Crippen LogP contribution is -2.32. The first-order valence-electron chi connectivity index (χ1n) is 13.1. The summed E-state index contributed by atoms with van der Waals surface area (Å²) in [4.78, 5) is 31.6. The van der Waals surface area contributed by atoms with Crippen LogP contribution in [0.4, 0.5) is 5.69 Å². The number of esters is 1. The van der Waals surface area contributed by atoms with Gasteiger partial charge in [0.25, 0.3) is 0 Å². The summed E-state index contributed by atoms with van der Waals surface area (Å²) in [5.41, 5.74) is 3.90. The van der Waals surface area contributed by atoms with E-state index < -0.39 is 5.97 Å². The van der Waals surface area contributed by atoms with Crippen LogP contribution in [0.2, 0.25) is 0 Å². The minimum atomic E-state index is -0.416. The van der Waals surface area contributed by atoms with Gasteiger partial charge in [0, 0.05) is 30.4 Å². The highest BCUT2D eigenvalue weighted by molar-refractivity contribution is 7.80. The number of aryl methyl sites for hydroxylation is 1. The van der Waals surface area contributed by atoms with Crippen LogP contribution in [0, 0.1) is 0 Å². The van der Waals surface area contributed by atoms with Crippen LogP contribution in [0.25, 0.3) is 11.3 Å². The van der Waals surface area contributed by atoms with Crippen LogP contribution in [-0.4, -0.2) is 40.5 Å². The van der Waals surface area contributed by atoms with Crippen LogP contribution in [-0.2, 0) is 16.0 Å². The summed E-state index contributed by atoms with van der Waals surface area (Å²) in [7, 11) is 1.35. The largest absolute Gasteiger partial charge is 0.465 e. The Bertz CT molecular complexity index is 1520. The molecular formula is C31H30N4O4S. The van der Waals surface area contributed by atoms with Crippen LogP contribution < -0.4 is 10.6 Å². The molecule has 0 spiro atoms. The number of hydrogen-bond acceptors (Lipinski definition) is 6. The Morgan fingerprint density at radius 3 is 2.67 bits per heavy atom. The quantitative estimate of drug-likeness (QED) is 0.201. The van der Waals surface area contributed by atoms with E-state index in [9.17, 15) is 9.59 Å². The van der Waals surface area contributed by atoms with Gasteiger partial charge in [0.05, 0.1) is 24.4 Å². The summed E-state index contributed by atoms with van der Waals surface area (Å²) in [6.07, 6.45) is 2.80. The Morgan fingerprint density at radius 1 is 1.07 bits per heavy atom. The number of thiocarbonyl (C=S) groups is 1. The first-order chi connectivity index (χ1) is 19.5. The molecule has 1 amide bonds. The van der Waals surface area contributed by atoms with Crippen LogP contribution in [0.5, 0.6) is 0 Å². The normalized spacial score (nSPS) is 16.4. The van der Waals surface area contributed by atoms with Crippen molar-refractivity contribution in [1.82, 2.24) is 15.2 Å². The molecule has 9 heteroatoms. The maximum atomic E-state index is 13.0. The van der Waals surface area contributed by atoms with E-state index in [1.54, 1.807) is 24.4 Å². The number of methoxy groups -OCH3 is 1. The molecule has 5 rings (SSSR count). The number of pyridine rings is 1. The molecule has 0 aliphatic carbocycles. The molecule has 1 aliphatic rings. The molecule has 1 fully saturated rings. The summed E-state index contributed by atoms with van der Waals surface area (Å²) >= 11 is 5.74. The van der Waals surface area contributed by atoms with E-state index in [0.29, 0.717) is 28.7 Å². The van der Waals surface area contributed by atoms with Crippen molar-refractivity contribution in [3.8, 4) is 11.3 Å². The van der Waals surface area contributed by atoms with E-state index in [1.165, 1.54) is 7.11 Å². The van der Waals surface area contributed by atoms with Crippen LogP contribution in [0.15, 0.2) is 89.5 Å². The third-order valence-corrected chi connectivity index (χ3v) is 7.29. The Balaban J connectivity index is 1.40. The first-order valence-corrected chi connectivity index (χ1v) is 13.5. The zero-order chi connectivity index (χ0) is 28.1. The topological polar surface area (TPSA) is 96.7 Å². The molecule has 2 N–H and O–H groups in total. The van der Waals surface area contributed by atoms with Gasteiger partial charge in [0.2, 0.25) is 5.91 Å². The number of aromatic nitrogens is 1. The molecule has 2 atom stereocenters. The molecule has 2 aromatic carbocycles. The number of furan rings is 1. The molecule has 4 aromatic rings. The first kappa shape index (κ1) is 27.1. The highest BCUT2D eigenvalue weighted by Crippen LogP contribution is 2.40. The van der Waals surface area contributed by atoms with Crippen molar-refractivity contribution in [3.63, 3.8) is 0 Å². The fraction of sp³-hybridized carbons (Fsp3) is 0.226. The van der Waals surface area contributed by atoms with Gasteiger partial charge in [0.1, 0.15) is 17.6 Å². The number of nitrogens with zero attached hydrogens (tertiary/aromatic N) is 2. The van der Waals surface area contributed by atoms with Crippen molar-refractivity contribution in [2.24, 2.45) is 0 Å². The lowest BCUT2D eigenvalue weighted by Gasteiger charge is -2.26. The molecule has 1 saturated heterocycles.